The number of H-pyrrole nitrogens is 1. The molecule has 0 aliphatic rings. The number of pyridine rings is 1. The lowest BCUT2D eigenvalue weighted by molar-refractivity contribution is 0.0768. The lowest BCUT2D eigenvalue weighted by Crippen LogP contribution is -2.34. The minimum Gasteiger partial charge on any atom is -0.456 e. The third-order valence-corrected chi connectivity index (χ3v) is 8.10. The fraction of sp³-hybridized carbons (Fsp3) is 0.243. The number of benzene rings is 3. The standard InChI is InChI=1S/C37H37N5O4/c1-6-39-35(43)31-20-29-30(22-41(5)37(45)33(29)40-31)28-16-15-27(19-32(28)46-34-23(2)11-10-12-24(34)3)36(44)42(18-17-38)21-25(4)26-13-8-7-9-14-26/h7-16,19-20,22,25,40H,6,18,21H2,1-5H3,(H,39,43). The summed E-state index contributed by atoms with van der Waals surface area (Å²) in [5.74, 6) is 0.444. The molecule has 0 saturated carbocycles. The molecule has 1 unspecified atom stereocenters. The Morgan fingerprint density at radius 3 is 2.41 bits per heavy atom. The van der Waals surface area contributed by atoms with Gasteiger partial charge in [-0.05, 0) is 67.6 Å². The van der Waals surface area contributed by atoms with Gasteiger partial charge in [-0.3, -0.25) is 14.4 Å². The average molecular weight is 616 g/mol. The van der Waals surface area contributed by atoms with E-state index in [2.05, 4.69) is 16.4 Å². The topological polar surface area (TPSA) is 120 Å². The first-order chi connectivity index (χ1) is 22.1. The van der Waals surface area contributed by atoms with Gasteiger partial charge in [0, 0.05) is 48.4 Å². The first-order valence-electron chi connectivity index (χ1n) is 15.2. The number of hydrogen-bond donors (Lipinski definition) is 2. The SMILES string of the molecule is CCNC(=O)c1cc2c(-c3ccc(C(=O)N(CC#N)CC(C)c4ccccc4)cc3Oc3c(C)cccc3C)cn(C)c(=O)c2[nH]1. The minimum absolute atomic E-state index is 0.00898. The van der Waals surface area contributed by atoms with E-state index in [1.54, 1.807) is 42.4 Å². The van der Waals surface area contributed by atoms with Gasteiger partial charge in [0.2, 0.25) is 0 Å². The number of carbonyl (C=O) groups excluding carboxylic acids is 2. The Hall–Kier alpha value is -5.62. The van der Waals surface area contributed by atoms with Crippen LogP contribution < -0.4 is 15.6 Å². The van der Waals surface area contributed by atoms with E-state index in [1.165, 1.54) is 4.57 Å². The molecule has 2 aromatic heterocycles. The summed E-state index contributed by atoms with van der Waals surface area (Å²) in [5, 5.41) is 12.9. The Kier molecular flexibility index (Phi) is 9.38. The Bertz CT molecular complexity index is 2000. The number of amides is 2. The maximum absolute atomic E-state index is 14.0. The van der Waals surface area contributed by atoms with Crippen molar-refractivity contribution >= 4 is 22.7 Å². The van der Waals surface area contributed by atoms with Crippen molar-refractivity contribution in [1.82, 2.24) is 19.8 Å². The Morgan fingerprint density at radius 1 is 1.02 bits per heavy atom. The number of rotatable bonds is 10. The van der Waals surface area contributed by atoms with Crippen molar-refractivity contribution in [3.8, 4) is 28.7 Å². The van der Waals surface area contributed by atoms with Crippen LogP contribution in [0.3, 0.4) is 0 Å². The summed E-state index contributed by atoms with van der Waals surface area (Å²) in [6.45, 7) is 8.48. The van der Waals surface area contributed by atoms with Crippen LogP contribution >= 0.6 is 0 Å². The molecule has 5 rings (SSSR count). The van der Waals surface area contributed by atoms with Crippen LogP contribution in [-0.2, 0) is 7.05 Å². The van der Waals surface area contributed by atoms with E-state index in [-0.39, 0.29) is 41.0 Å². The third-order valence-electron chi connectivity index (χ3n) is 8.10. The van der Waals surface area contributed by atoms with Crippen molar-refractivity contribution in [2.45, 2.75) is 33.6 Å². The zero-order valence-corrected chi connectivity index (χ0v) is 26.7. The molecule has 2 heterocycles. The van der Waals surface area contributed by atoms with Gasteiger partial charge in [0.15, 0.2) is 0 Å². The van der Waals surface area contributed by atoms with Crippen molar-refractivity contribution in [2.24, 2.45) is 7.05 Å². The highest BCUT2D eigenvalue weighted by Crippen LogP contribution is 2.39. The molecule has 0 aliphatic carbocycles. The molecule has 2 amide bonds. The first-order valence-corrected chi connectivity index (χ1v) is 15.2. The lowest BCUT2D eigenvalue weighted by Gasteiger charge is -2.24. The number of aromatic nitrogens is 2. The second-order valence-electron chi connectivity index (χ2n) is 11.5. The number of carbonyl (C=O) groups is 2. The van der Waals surface area contributed by atoms with Gasteiger partial charge in [-0.1, -0.05) is 55.5 Å². The van der Waals surface area contributed by atoms with E-state index >= 15 is 0 Å². The highest BCUT2D eigenvalue weighted by molar-refractivity contribution is 6.04. The van der Waals surface area contributed by atoms with Crippen LogP contribution in [0.15, 0.2) is 83.8 Å². The van der Waals surface area contributed by atoms with Crippen LogP contribution in [0.2, 0.25) is 0 Å². The molecule has 2 N–H and O–H groups in total. The molecule has 0 aliphatic heterocycles. The van der Waals surface area contributed by atoms with E-state index in [0.29, 0.717) is 46.7 Å². The van der Waals surface area contributed by atoms with E-state index in [0.717, 1.165) is 16.7 Å². The van der Waals surface area contributed by atoms with Crippen LogP contribution in [0.25, 0.3) is 22.0 Å². The number of nitrogens with zero attached hydrogens (tertiary/aromatic N) is 3. The average Bonchev–Trinajstić information content (AvgIpc) is 3.51. The monoisotopic (exact) mass is 615 g/mol. The zero-order valence-electron chi connectivity index (χ0n) is 26.7. The number of ether oxygens (including phenoxy) is 1. The van der Waals surface area contributed by atoms with Gasteiger partial charge in [0.05, 0.1) is 6.07 Å². The van der Waals surface area contributed by atoms with Crippen molar-refractivity contribution in [1.29, 1.82) is 5.26 Å². The summed E-state index contributed by atoms with van der Waals surface area (Å²) in [7, 11) is 1.65. The van der Waals surface area contributed by atoms with Crippen molar-refractivity contribution in [3.63, 3.8) is 0 Å². The quantitative estimate of drug-likeness (QED) is 0.175. The van der Waals surface area contributed by atoms with Gasteiger partial charge >= 0.3 is 0 Å². The van der Waals surface area contributed by atoms with Crippen LogP contribution in [-0.4, -0.2) is 45.9 Å². The molecule has 5 aromatic rings. The smallest absolute Gasteiger partial charge is 0.274 e. The fourth-order valence-electron chi connectivity index (χ4n) is 5.66. The molecule has 3 aromatic carbocycles. The molecular formula is C37H37N5O4. The molecule has 0 fully saturated rings. The Labute approximate surface area is 268 Å². The van der Waals surface area contributed by atoms with Crippen molar-refractivity contribution in [3.05, 3.63) is 117 Å². The predicted octanol–water partition coefficient (Wildman–Crippen LogP) is 6.46. The summed E-state index contributed by atoms with van der Waals surface area (Å²) in [6.07, 6.45) is 1.71. The lowest BCUT2D eigenvalue weighted by atomic mass is 9.98. The third kappa shape index (κ3) is 6.42. The van der Waals surface area contributed by atoms with E-state index in [4.69, 9.17) is 4.74 Å². The summed E-state index contributed by atoms with van der Waals surface area (Å²) < 4.78 is 8.06. The number of nitrogens with one attached hydrogen (secondary N) is 2. The maximum Gasteiger partial charge on any atom is 0.274 e. The first kappa shape index (κ1) is 31.8. The zero-order chi connectivity index (χ0) is 33.0. The highest BCUT2D eigenvalue weighted by Gasteiger charge is 2.23. The van der Waals surface area contributed by atoms with E-state index in [9.17, 15) is 19.6 Å². The molecule has 9 heteroatoms. The minimum atomic E-state index is -0.318. The summed E-state index contributed by atoms with van der Waals surface area (Å²) in [5.41, 5.74) is 4.81. The normalized spacial score (nSPS) is 11.6. The van der Waals surface area contributed by atoms with Gasteiger partial charge in [-0.25, -0.2) is 0 Å². The van der Waals surface area contributed by atoms with Gasteiger partial charge < -0.3 is 24.5 Å². The molecular weight excluding hydrogens is 578 g/mol. The summed E-state index contributed by atoms with van der Waals surface area (Å²) in [4.78, 5) is 44.3. The van der Waals surface area contributed by atoms with E-state index < -0.39 is 0 Å². The number of fused-ring (bicyclic) bond motifs is 1. The number of hydrogen-bond acceptors (Lipinski definition) is 5. The summed E-state index contributed by atoms with van der Waals surface area (Å²) >= 11 is 0. The van der Waals surface area contributed by atoms with Crippen LogP contribution in [0, 0.1) is 25.2 Å². The molecule has 46 heavy (non-hydrogen) atoms. The molecule has 234 valence electrons. The van der Waals surface area contributed by atoms with Crippen molar-refractivity contribution in [2.75, 3.05) is 19.6 Å². The molecule has 1 atom stereocenters. The molecule has 0 saturated heterocycles. The van der Waals surface area contributed by atoms with Gasteiger partial charge in [0.25, 0.3) is 17.4 Å². The molecule has 0 spiro atoms. The number of nitriles is 1. The second-order valence-corrected chi connectivity index (χ2v) is 11.5. The van der Waals surface area contributed by atoms with Gasteiger partial charge in [-0.2, -0.15) is 5.26 Å². The van der Waals surface area contributed by atoms with Crippen LogP contribution in [0.5, 0.6) is 11.5 Å². The highest BCUT2D eigenvalue weighted by atomic mass is 16.5. The number of aromatic amines is 1. The number of para-hydroxylation sites is 1. The fourth-order valence-corrected chi connectivity index (χ4v) is 5.66. The predicted molar refractivity (Wildman–Crippen MR) is 179 cm³/mol. The van der Waals surface area contributed by atoms with Crippen molar-refractivity contribution < 1.29 is 14.3 Å². The Balaban J connectivity index is 1.64. The van der Waals surface area contributed by atoms with E-state index in [1.807, 2.05) is 76.2 Å². The largest absolute Gasteiger partial charge is 0.456 e. The molecule has 0 bridgehead atoms. The van der Waals surface area contributed by atoms with Crippen LogP contribution in [0.4, 0.5) is 0 Å². The number of aryl methyl sites for hydroxylation is 3. The molecule has 0 radical (unpaired) electrons. The molecule has 9 nitrogen and oxygen atoms in total. The summed E-state index contributed by atoms with van der Waals surface area (Å²) in [6, 6.07) is 24.7. The maximum atomic E-state index is 14.0. The van der Waals surface area contributed by atoms with Gasteiger partial charge in [0.1, 0.15) is 29.3 Å². The van der Waals surface area contributed by atoms with Crippen LogP contribution in [0.1, 0.15) is 57.3 Å². The Morgan fingerprint density at radius 2 is 1.74 bits per heavy atom. The second kappa shape index (κ2) is 13.6. The van der Waals surface area contributed by atoms with Gasteiger partial charge in [-0.15, -0.1) is 0 Å².